The van der Waals surface area contributed by atoms with Gasteiger partial charge in [-0.25, -0.2) is 12.8 Å². The van der Waals surface area contributed by atoms with Gasteiger partial charge < -0.3 is 0 Å². The first-order valence-corrected chi connectivity index (χ1v) is 4.77. The number of nitrogens with zero attached hydrogens (tertiary/aromatic N) is 1. The van der Waals surface area contributed by atoms with Crippen LogP contribution in [0.25, 0.3) is 0 Å². The van der Waals surface area contributed by atoms with Crippen LogP contribution in [0.2, 0.25) is 0 Å². The number of hydrogen-bond donors (Lipinski definition) is 0. The van der Waals surface area contributed by atoms with Gasteiger partial charge in [-0.15, -0.1) is 0 Å². The molecule has 5 heteroatoms. The Morgan fingerprint density at radius 1 is 1.50 bits per heavy atom. The molecule has 0 aliphatic heterocycles. The Morgan fingerprint density at radius 2 is 1.90 bits per heavy atom. The second-order valence-electron chi connectivity index (χ2n) is 2.36. The van der Waals surface area contributed by atoms with Crippen LogP contribution in [-0.4, -0.2) is 31.8 Å². The molecule has 0 amide bonds. The molecule has 0 aliphatic rings. The fraction of sp³-hybridized carbons (Fsp3) is 1.00. The summed E-state index contributed by atoms with van der Waals surface area (Å²) < 4.78 is 34.1. The lowest BCUT2D eigenvalue weighted by Crippen LogP contribution is -2.35. The van der Waals surface area contributed by atoms with Crippen molar-refractivity contribution in [3.05, 3.63) is 0 Å². The third-order valence-electron chi connectivity index (χ3n) is 1.12. The van der Waals surface area contributed by atoms with Crippen molar-refractivity contribution in [3.8, 4) is 0 Å². The number of sulfonamides is 1. The Morgan fingerprint density at radius 3 is 1.90 bits per heavy atom. The van der Waals surface area contributed by atoms with Gasteiger partial charge in [-0.3, -0.25) is 0 Å². The predicted molar refractivity (Wildman–Crippen MR) is 37.8 cm³/mol. The van der Waals surface area contributed by atoms with Crippen LogP contribution in [0.15, 0.2) is 0 Å². The Balaban J connectivity index is 4.38. The molecule has 0 aromatic rings. The largest absolute Gasteiger partial charge is 0.233 e. The van der Waals surface area contributed by atoms with E-state index in [1.165, 1.54) is 0 Å². The summed E-state index contributed by atoms with van der Waals surface area (Å²) in [6.07, 6.45) is 0.993. The Hall–Kier alpha value is -0.160. The van der Waals surface area contributed by atoms with Crippen molar-refractivity contribution < 1.29 is 12.8 Å². The van der Waals surface area contributed by atoms with Gasteiger partial charge >= 0.3 is 0 Å². The molecule has 0 aromatic heterocycles. The third-order valence-corrected chi connectivity index (χ3v) is 2.49. The molecule has 0 radical (unpaired) electrons. The molecule has 0 aromatic carbocycles. The Kier molecular flexibility index (Phi) is 3.24. The average molecular weight is 169 g/mol. The summed E-state index contributed by atoms with van der Waals surface area (Å²) in [6.45, 7) is 2.30. The minimum Gasteiger partial charge on any atom is -0.233 e. The minimum absolute atomic E-state index is 0.306. The minimum atomic E-state index is -3.36. The van der Waals surface area contributed by atoms with Gasteiger partial charge in [0.05, 0.1) is 6.26 Å². The van der Waals surface area contributed by atoms with E-state index >= 15 is 0 Å². The standard InChI is InChI=1S/C5H12FNO2S/c1-5(2)7(4-6)10(3,8)9/h5H,4H2,1-3H3. The Labute approximate surface area is 60.9 Å². The number of alkyl halides is 1. The molecule has 0 unspecified atom stereocenters. The first-order chi connectivity index (χ1) is 4.39. The summed E-state index contributed by atoms with van der Waals surface area (Å²) in [5.41, 5.74) is 0. The van der Waals surface area contributed by atoms with E-state index in [1.54, 1.807) is 13.8 Å². The van der Waals surface area contributed by atoms with Crippen molar-refractivity contribution in [3.63, 3.8) is 0 Å². The van der Waals surface area contributed by atoms with Crippen molar-refractivity contribution in [2.45, 2.75) is 19.9 Å². The summed E-state index contributed by atoms with van der Waals surface area (Å²) in [4.78, 5) is 0. The van der Waals surface area contributed by atoms with E-state index in [-0.39, 0.29) is 6.04 Å². The molecule has 62 valence electrons. The molecular formula is C5H12FNO2S. The molecule has 0 rings (SSSR count). The van der Waals surface area contributed by atoms with E-state index in [2.05, 4.69) is 0 Å². The first kappa shape index (κ1) is 9.84. The van der Waals surface area contributed by atoms with Gasteiger partial charge in [-0.05, 0) is 13.8 Å². The molecule has 0 bridgehead atoms. The lowest BCUT2D eigenvalue weighted by Gasteiger charge is -2.19. The molecule has 0 N–H and O–H groups in total. The van der Waals surface area contributed by atoms with Crippen molar-refractivity contribution in [2.75, 3.05) is 13.1 Å². The Bertz CT molecular complexity index is 188. The smallest absolute Gasteiger partial charge is 0.213 e. The first-order valence-electron chi connectivity index (χ1n) is 2.92. The van der Waals surface area contributed by atoms with Gasteiger partial charge in [-0.2, -0.15) is 4.31 Å². The van der Waals surface area contributed by atoms with E-state index in [0.717, 1.165) is 10.6 Å². The van der Waals surface area contributed by atoms with E-state index in [0.29, 0.717) is 0 Å². The predicted octanol–water partition coefficient (Wildman–Crippen LogP) is 0.583. The van der Waals surface area contributed by atoms with Crippen LogP contribution in [0.3, 0.4) is 0 Å². The van der Waals surface area contributed by atoms with Crippen LogP contribution in [0.5, 0.6) is 0 Å². The average Bonchev–Trinajstić information content (AvgIpc) is 1.60. The van der Waals surface area contributed by atoms with Gasteiger partial charge in [-0.1, -0.05) is 0 Å². The summed E-state index contributed by atoms with van der Waals surface area (Å²) in [5.74, 6) is 0. The SMILES string of the molecule is CC(C)N(CF)S(C)(=O)=O. The van der Waals surface area contributed by atoms with Crippen molar-refractivity contribution in [1.29, 1.82) is 0 Å². The topological polar surface area (TPSA) is 37.4 Å². The quantitative estimate of drug-likeness (QED) is 0.580. The van der Waals surface area contributed by atoms with Gasteiger partial charge in [0.2, 0.25) is 10.0 Å². The van der Waals surface area contributed by atoms with Crippen LogP contribution in [0.1, 0.15) is 13.8 Å². The molecule has 0 saturated heterocycles. The van der Waals surface area contributed by atoms with Crippen LogP contribution in [-0.2, 0) is 10.0 Å². The van der Waals surface area contributed by atoms with Crippen molar-refractivity contribution >= 4 is 10.0 Å². The summed E-state index contributed by atoms with van der Waals surface area (Å²) in [5, 5.41) is 0. The fourth-order valence-electron chi connectivity index (χ4n) is 0.610. The highest BCUT2D eigenvalue weighted by Gasteiger charge is 2.18. The van der Waals surface area contributed by atoms with Gasteiger partial charge in [0, 0.05) is 6.04 Å². The maximum absolute atomic E-state index is 12.0. The second kappa shape index (κ2) is 3.30. The fourth-order valence-corrected chi connectivity index (χ4v) is 1.55. The molecule has 0 saturated carbocycles. The van der Waals surface area contributed by atoms with Crippen LogP contribution in [0, 0.1) is 0 Å². The van der Waals surface area contributed by atoms with Crippen LogP contribution >= 0.6 is 0 Å². The summed E-state index contributed by atoms with van der Waals surface area (Å²) in [7, 11) is -3.36. The molecule has 0 fully saturated rings. The number of rotatable bonds is 3. The third kappa shape index (κ3) is 2.62. The maximum atomic E-state index is 12.0. The monoisotopic (exact) mass is 169 g/mol. The molecule has 0 spiro atoms. The zero-order chi connectivity index (χ0) is 8.36. The van der Waals surface area contributed by atoms with E-state index in [4.69, 9.17) is 0 Å². The van der Waals surface area contributed by atoms with E-state index < -0.39 is 16.8 Å². The molecular weight excluding hydrogens is 157 g/mol. The summed E-state index contributed by atoms with van der Waals surface area (Å²) >= 11 is 0. The zero-order valence-corrected chi connectivity index (χ0v) is 7.15. The lowest BCUT2D eigenvalue weighted by molar-refractivity contribution is 0.253. The van der Waals surface area contributed by atoms with E-state index in [1.807, 2.05) is 0 Å². The van der Waals surface area contributed by atoms with Gasteiger partial charge in [0.25, 0.3) is 0 Å². The van der Waals surface area contributed by atoms with Gasteiger partial charge in [0.1, 0.15) is 0 Å². The number of hydrogen-bond acceptors (Lipinski definition) is 2. The molecule has 0 aliphatic carbocycles. The van der Waals surface area contributed by atoms with Crippen molar-refractivity contribution in [2.24, 2.45) is 0 Å². The number of halogens is 1. The summed E-state index contributed by atoms with van der Waals surface area (Å²) in [6, 6.07) is -0.306. The highest BCUT2D eigenvalue weighted by molar-refractivity contribution is 7.88. The van der Waals surface area contributed by atoms with Crippen LogP contribution < -0.4 is 0 Å². The molecule has 0 atom stereocenters. The maximum Gasteiger partial charge on any atom is 0.213 e. The lowest BCUT2D eigenvalue weighted by atomic mass is 10.4. The van der Waals surface area contributed by atoms with Crippen LogP contribution in [0.4, 0.5) is 4.39 Å². The van der Waals surface area contributed by atoms with Crippen molar-refractivity contribution in [1.82, 2.24) is 4.31 Å². The molecule has 0 heterocycles. The molecule has 10 heavy (non-hydrogen) atoms. The van der Waals surface area contributed by atoms with E-state index in [9.17, 15) is 12.8 Å². The zero-order valence-electron chi connectivity index (χ0n) is 6.33. The van der Waals surface area contributed by atoms with Gasteiger partial charge in [0.15, 0.2) is 6.80 Å². The second-order valence-corrected chi connectivity index (χ2v) is 4.30. The molecule has 3 nitrogen and oxygen atoms in total. The highest BCUT2D eigenvalue weighted by atomic mass is 32.2. The normalized spacial score (nSPS) is 13.0. The highest BCUT2D eigenvalue weighted by Crippen LogP contribution is 2.03.